The number of aliphatic hydroxyl groups is 3. The van der Waals surface area contributed by atoms with E-state index >= 15 is 0 Å². The molecule has 0 saturated carbocycles. The van der Waals surface area contributed by atoms with Crippen molar-refractivity contribution in [2.45, 2.75) is 50.7 Å². The number of nitrogens with zero attached hydrogens (tertiary/aromatic N) is 1. The molecule has 1 aliphatic heterocycles. The summed E-state index contributed by atoms with van der Waals surface area (Å²) in [7, 11) is 1.47. The molecular formula is C27H31ClN2O7. The van der Waals surface area contributed by atoms with Crippen molar-refractivity contribution in [1.82, 2.24) is 10.2 Å². The zero-order chi connectivity index (χ0) is 26.7. The fraction of sp³-hybridized carbons (Fsp3) is 0.407. The number of fused-ring (bicyclic) bond motifs is 3. The van der Waals surface area contributed by atoms with Gasteiger partial charge >= 0.3 is 0 Å². The smallest absolute Gasteiger partial charge is 0.247 e. The molecule has 0 bridgehead atoms. The molecule has 2 amide bonds. The topological polar surface area (TPSA) is 129 Å². The van der Waals surface area contributed by atoms with E-state index in [2.05, 4.69) is 5.32 Å². The van der Waals surface area contributed by atoms with Gasteiger partial charge < -0.3 is 35.0 Å². The minimum atomic E-state index is -1.17. The van der Waals surface area contributed by atoms with Gasteiger partial charge in [0.2, 0.25) is 11.8 Å². The van der Waals surface area contributed by atoms with E-state index in [1.807, 2.05) is 0 Å². The van der Waals surface area contributed by atoms with E-state index in [-0.39, 0.29) is 38.6 Å². The highest BCUT2D eigenvalue weighted by atomic mass is 35.5. The molecule has 1 aliphatic carbocycles. The predicted octanol–water partition coefficient (Wildman–Crippen LogP) is 1.90. The maximum atomic E-state index is 13.3. The Labute approximate surface area is 220 Å². The number of benzene rings is 2. The first kappa shape index (κ1) is 26.9. The molecule has 37 heavy (non-hydrogen) atoms. The number of carbonyl (C=O) groups excluding carboxylic acids is 2. The van der Waals surface area contributed by atoms with Gasteiger partial charge in [-0.3, -0.25) is 9.59 Å². The van der Waals surface area contributed by atoms with Crippen molar-refractivity contribution in [1.29, 1.82) is 0 Å². The number of methoxy groups -OCH3 is 1. The number of aliphatic hydroxyl groups excluding tert-OH is 3. The van der Waals surface area contributed by atoms with Crippen LogP contribution in [-0.2, 0) is 22.7 Å². The van der Waals surface area contributed by atoms with Crippen LogP contribution in [0.2, 0.25) is 5.02 Å². The summed E-state index contributed by atoms with van der Waals surface area (Å²) in [6.07, 6.45) is -0.255. The third kappa shape index (κ3) is 5.31. The van der Waals surface area contributed by atoms with Gasteiger partial charge in [-0.2, -0.15) is 0 Å². The minimum absolute atomic E-state index is 0.0386. The Balaban J connectivity index is 1.80. The highest BCUT2D eigenvalue weighted by molar-refractivity contribution is 6.30. The van der Waals surface area contributed by atoms with E-state index < -0.39 is 30.1 Å². The van der Waals surface area contributed by atoms with Crippen LogP contribution in [0.1, 0.15) is 36.0 Å². The summed E-state index contributed by atoms with van der Waals surface area (Å²) in [5.74, 6) is -0.575. The molecule has 0 spiro atoms. The molecule has 2 aliphatic rings. The maximum absolute atomic E-state index is 13.3. The maximum Gasteiger partial charge on any atom is 0.247 e. The quantitative estimate of drug-likeness (QED) is 0.390. The molecular weight excluding hydrogens is 500 g/mol. The third-order valence-electron chi connectivity index (χ3n) is 6.74. The number of hydrogen-bond acceptors (Lipinski definition) is 7. The van der Waals surface area contributed by atoms with Gasteiger partial charge in [-0.25, -0.2) is 0 Å². The molecule has 10 heteroatoms. The van der Waals surface area contributed by atoms with Crippen molar-refractivity contribution in [3.8, 4) is 11.5 Å². The van der Waals surface area contributed by atoms with Gasteiger partial charge in [0.05, 0.1) is 32.3 Å². The van der Waals surface area contributed by atoms with Crippen LogP contribution in [-0.4, -0.2) is 70.5 Å². The average molecular weight is 531 g/mol. The Morgan fingerprint density at radius 1 is 1.16 bits per heavy atom. The lowest BCUT2D eigenvalue weighted by Gasteiger charge is -2.40. The number of hydrogen-bond donors (Lipinski definition) is 4. The SMILES string of the molecule is CCC(=O)N(Cc1ccc(Cl)cc1)[C@@H]1C=C(C(=O)NCCO)[C@@H]2c3cc(CO)cc(OC)c3O[C@@H]2[C@H]1O. The van der Waals surface area contributed by atoms with Crippen molar-refractivity contribution < 1.29 is 34.4 Å². The molecule has 9 nitrogen and oxygen atoms in total. The second-order valence-corrected chi connectivity index (χ2v) is 9.46. The minimum Gasteiger partial charge on any atom is -0.493 e. The Morgan fingerprint density at radius 3 is 2.51 bits per heavy atom. The zero-order valence-electron chi connectivity index (χ0n) is 20.7. The van der Waals surface area contributed by atoms with Crippen molar-refractivity contribution in [3.63, 3.8) is 0 Å². The van der Waals surface area contributed by atoms with Crippen LogP contribution in [0.25, 0.3) is 0 Å². The lowest BCUT2D eigenvalue weighted by atomic mass is 9.77. The van der Waals surface area contributed by atoms with Crippen LogP contribution in [0, 0.1) is 0 Å². The molecule has 1 heterocycles. The Kier molecular flexibility index (Phi) is 8.39. The van der Waals surface area contributed by atoms with Crippen LogP contribution in [0.3, 0.4) is 0 Å². The number of rotatable bonds is 9. The lowest BCUT2D eigenvalue weighted by molar-refractivity contribution is -0.137. The first-order chi connectivity index (χ1) is 17.8. The van der Waals surface area contributed by atoms with E-state index in [0.29, 0.717) is 33.2 Å². The van der Waals surface area contributed by atoms with Crippen LogP contribution in [0.15, 0.2) is 48.0 Å². The summed E-state index contributed by atoms with van der Waals surface area (Å²) in [4.78, 5) is 27.9. The predicted molar refractivity (Wildman–Crippen MR) is 136 cm³/mol. The van der Waals surface area contributed by atoms with E-state index in [0.717, 1.165) is 5.56 Å². The Morgan fingerprint density at radius 2 is 1.89 bits per heavy atom. The molecule has 4 N–H and O–H groups in total. The van der Waals surface area contributed by atoms with E-state index in [1.54, 1.807) is 49.4 Å². The Bertz CT molecular complexity index is 1180. The van der Waals surface area contributed by atoms with E-state index in [4.69, 9.17) is 21.1 Å². The molecule has 0 saturated heterocycles. The molecule has 0 aromatic heterocycles. The average Bonchev–Trinajstić information content (AvgIpc) is 3.31. The molecule has 0 unspecified atom stereocenters. The second kappa shape index (κ2) is 11.5. The number of nitrogens with one attached hydrogen (secondary N) is 1. The normalized spacial score (nSPS) is 21.8. The molecule has 0 fully saturated rings. The van der Waals surface area contributed by atoms with Gasteiger partial charge in [-0.1, -0.05) is 30.7 Å². The summed E-state index contributed by atoms with van der Waals surface area (Å²) in [6.45, 7) is 1.47. The van der Waals surface area contributed by atoms with E-state index in [1.165, 1.54) is 12.0 Å². The lowest BCUT2D eigenvalue weighted by Crippen LogP contribution is -2.55. The molecule has 2 aromatic rings. The second-order valence-electron chi connectivity index (χ2n) is 9.02. The highest BCUT2D eigenvalue weighted by Gasteiger charge is 2.51. The van der Waals surface area contributed by atoms with Gasteiger partial charge in [0.1, 0.15) is 12.2 Å². The van der Waals surface area contributed by atoms with Gasteiger partial charge in [-0.15, -0.1) is 0 Å². The van der Waals surface area contributed by atoms with Crippen molar-refractivity contribution in [2.75, 3.05) is 20.3 Å². The molecule has 198 valence electrons. The summed E-state index contributed by atoms with van der Waals surface area (Å²) >= 11 is 6.02. The third-order valence-corrected chi connectivity index (χ3v) is 7.00. The molecule has 4 rings (SSSR count). The standard InChI is InChI=1S/C27H31ClN2O7/c1-3-22(33)30(13-15-4-6-17(28)7-5-15)20-12-19(27(35)29-8-9-31)23-18-10-16(14-32)11-21(36-2)25(18)37-26(23)24(20)34/h4-7,10-12,20,23-24,26,31-32,34H,3,8-9,13-14H2,1-2H3,(H,29,35)/t20-,23+,24+,26+/m1/s1. The number of halogens is 1. The first-order valence-electron chi connectivity index (χ1n) is 12.1. The highest BCUT2D eigenvalue weighted by Crippen LogP contribution is 2.51. The van der Waals surface area contributed by atoms with Crippen LogP contribution in [0.4, 0.5) is 0 Å². The van der Waals surface area contributed by atoms with Crippen LogP contribution >= 0.6 is 11.6 Å². The van der Waals surface area contributed by atoms with Gasteiger partial charge in [0.25, 0.3) is 0 Å². The summed E-state index contributed by atoms with van der Waals surface area (Å²) in [5.41, 5.74) is 2.28. The fourth-order valence-electron chi connectivity index (χ4n) is 4.97. The van der Waals surface area contributed by atoms with Crippen LogP contribution < -0.4 is 14.8 Å². The zero-order valence-corrected chi connectivity index (χ0v) is 21.4. The Hall–Kier alpha value is -3.11. The number of amides is 2. The molecule has 2 aromatic carbocycles. The summed E-state index contributed by atoms with van der Waals surface area (Å²) in [5, 5.41) is 33.8. The summed E-state index contributed by atoms with van der Waals surface area (Å²) < 4.78 is 11.7. The largest absolute Gasteiger partial charge is 0.493 e. The van der Waals surface area contributed by atoms with Gasteiger partial charge in [0, 0.05) is 35.7 Å². The number of ether oxygens (including phenoxy) is 2. The van der Waals surface area contributed by atoms with Crippen LogP contribution in [0.5, 0.6) is 11.5 Å². The van der Waals surface area contributed by atoms with E-state index in [9.17, 15) is 24.9 Å². The van der Waals surface area contributed by atoms with Gasteiger partial charge in [-0.05, 0) is 41.5 Å². The van der Waals surface area contributed by atoms with Crippen molar-refractivity contribution in [3.05, 3.63) is 69.8 Å². The monoisotopic (exact) mass is 530 g/mol. The number of carbonyl (C=O) groups is 2. The molecule has 0 radical (unpaired) electrons. The van der Waals surface area contributed by atoms with Gasteiger partial charge in [0.15, 0.2) is 11.5 Å². The van der Waals surface area contributed by atoms with Crippen molar-refractivity contribution in [2.24, 2.45) is 0 Å². The molecule has 4 atom stereocenters. The summed E-state index contributed by atoms with van der Waals surface area (Å²) in [6, 6.07) is 9.57. The first-order valence-corrected chi connectivity index (χ1v) is 12.5. The van der Waals surface area contributed by atoms with Crippen molar-refractivity contribution >= 4 is 23.4 Å². The fourth-order valence-corrected chi connectivity index (χ4v) is 5.09.